The number of rotatable bonds is 3. The predicted molar refractivity (Wildman–Crippen MR) is 156 cm³/mol. The summed E-state index contributed by atoms with van der Waals surface area (Å²) in [5.41, 5.74) is 4.73. The van der Waals surface area contributed by atoms with Crippen molar-refractivity contribution in [3.8, 4) is 33.6 Å². The smallest absolute Gasteiger partial charge is 0.143 e. The molecule has 37 heavy (non-hydrogen) atoms. The van der Waals surface area contributed by atoms with Gasteiger partial charge in [-0.2, -0.15) is 0 Å². The lowest BCUT2D eigenvalue weighted by molar-refractivity contribution is 0.632. The van der Waals surface area contributed by atoms with E-state index >= 15 is 0 Å². The van der Waals surface area contributed by atoms with Crippen LogP contribution in [-0.4, -0.2) is 0 Å². The first-order chi connectivity index (χ1) is 20.4. The summed E-state index contributed by atoms with van der Waals surface area (Å²) >= 11 is 0. The number of benzene rings is 7. The van der Waals surface area contributed by atoms with E-state index in [2.05, 4.69) is 48.5 Å². The minimum Gasteiger partial charge on any atom is -0.455 e. The zero-order valence-corrected chi connectivity index (χ0v) is 19.7. The highest BCUT2D eigenvalue weighted by Crippen LogP contribution is 2.47. The monoisotopic (exact) mass is 475 g/mol. The Balaban J connectivity index is 1.48. The average molecular weight is 476 g/mol. The van der Waals surface area contributed by atoms with Crippen LogP contribution in [0.2, 0.25) is 0 Å². The molecule has 0 saturated heterocycles. The van der Waals surface area contributed by atoms with Gasteiger partial charge in [-0.05, 0) is 55.1 Å². The highest BCUT2D eigenvalue weighted by molar-refractivity contribution is 6.28. The van der Waals surface area contributed by atoms with Gasteiger partial charge in [-0.3, -0.25) is 0 Å². The summed E-state index contributed by atoms with van der Waals surface area (Å²) in [6, 6.07) is 33.2. The van der Waals surface area contributed by atoms with Gasteiger partial charge in [0.25, 0.3) is 0 Å². The van der Waals surface area contributed by atoms with Crippen molar-refractivity contribution in [2.75, 3.05) is 0 Å². The summed E-state index contributed by atoms with van der Waals surface area (Å²) in [5.74, 6) is 0.812. The maximum absolute atomic E-state index is 8.63. The molecule has 1 nitrogen and oxygen atoms in total. The number of para-hydroxylation sites is 1. The van der Waals surface area contributed by atoms with Gasteiger partial charge in [0.05, 0.1) is 6.85 Å². The molecular weight excluding hydrogens is 448 g/mol. The van der Waals surface area contributed by atoms with Crippen LogP contribution in [0, 0.1) is 0 Å². The molecule has 0 aliphatic carbocycles. The zero-order chi connectivity index (χ0) is 28.7. The lowest BCUT2D eigenvalue weighted by Gasteiger charge is -2.16. The number of hydrogen-bond donors (Lipinski definition) is 0. The van der Waals surface area contributed by atoms with Crippen LogP contribution < -0.4 is 0 Å². The average Bonchev–Trinajstić information content (AvgIpc) is 3.42. The summed E-state index contributed by atoms with van der Waals surface area (Å²) < 4.78 is 48.3. The summed E-state index contributed by atoms with van der Waals surface area (Å²) in [6.45, 7) is 0. The van der Waals surface area contributed by atoms with Crippen molar-refractivity contribution in [2.45, 2.75) is 0 Å². The molecule has 0 bridgehead atoms. The van der Waals surface area contributed by atoms with Gasteiger partial charge in [-0.1, -0.05) is 127 Å². The van der Waals surface area contributed by atoms with E-state index < -0.39 is 6.04 Å². The van der Waals surface area contributed by atoms with Crippen molar-refractivity contribution in [3.63, 3.8) is 0 Å². The minimum absolute atomic E-state index is 0.200. The molecule has 1 aromatic heterocycles. The molecule has 0 radical (unpaired) electrons. The molecule has 0 amide bonds. The van der Waals surface area contributed by atoms with E-state index in [1.54, 1.807) is 0 Å². The van der Waals surface area contributed by atoms with E-state index in [4.69, 9.17) is 11.3 Å². The van der Waals surface area contributed by atoms with Crippen LogP contribution in [0.4, 0.5) is 0 Å². The maximum atomic E-state index is 8.63. The van der Waals surface area contributed by atoms with E-state index in [1.807, 2.05) is 54.6 Å². The van der Waals surface area contributed by atoms with Gasteiger partial charge in [-0.15, -0.1) is 0 Å². The molecule has 0 aliphatic rings. The molecular formula is C36H22O. The summed E-state index contributed by atoms with van der Waals surface area (Å²) in [7, 11) is 0. The maximum Gasteiger partial charge on any atom is 0.143 e. The highest BCUT2D eigenvalue weighted by atomic mass is 16.3. The summed E-state index contributed by atoms with van der Waals surface area (Å²) in [5, 5.41) is 7.11. The lowest BCUT2D eigenvalue weighted by Crippen LogP contribution is -1.90. The molecule has 0 atom stereocenters. The fourth-order valence-corrected chi connectivity index (χ4v) is 5.73. The third-order valence-electron chi connectivity index (χ3n) is 7.33. The molecule has 0 saturated carbocycles. The van der Waals surface area contributed by atoms with Crippen molar-refractivity contribution in [1.82, 2.24) is 0 Å². The van der Waals surface area contributed by atoms with Crippen LogP contribution in [0.3, 0.4) is 0 Å². The highest BCUT2D eigenvalue weighted by Gasteiger charge is 2.21. The van der Waals surface area contributed by atoms with E-state index in [0.717, 1.165) is 65.7 Å². The molecule has 0 fully saturated rings. The molecule has 7 aromatic carbocycles. The molecule has 0 aliphatic heterocycles. The molecule has 8 rings (SSSR count). The molecule has 8 aromatic rings. The number of hydrogen-bond acceptors (Lipinski definition) is 1. The first-order valence-corrected chi connectivity index (χ1v) is 12.3. The fraction of sp³-hybridized carbons (Fsp3) is 0. The second-order valence-electron chi connectivity index (χ2n) is 9.32. The fourth-order valence-electron chi connectivity index (χ4n) is 5.73. The number of furan rings is 1. The topological polar surface area (TPSA) is 13.1 Å². The van der Waals surface area contributed by atoms with Crippen molar-refractivity contribution in [1.29, 1.82) is 0 Å². The summed E-state index contributed by atoms with van der Waals surface area (Å²) in [4.78, 5) is 0. The summed E-state index contributed by atoms with van der Waals surface area (Å²) in [6.07, 6.45) is 0. The Morgan fingerprint density at radius 3 is 1.86 bits per heavy atom. The second kappa shape index (κ2) is 7.81. The van der Waals surface area contributed by atoms with E-state index in [9.17, 15) is 0 Å². The minimum atomic E-state index is -0.391. The van der Waals surface area contributed by atoms with Crippen molar-refractivity contribution in [2.24, 2.45) is 0 Å². The third-order valence-corrected chi connectivity index (χ3v) is 7.33. The van der Waals surface area contributed by atoms with E-state index in [1.165, 1.54) is 0 Å². The van der Waals surface area contributed by atoms with Gasteiger partial charge >= 0.3 is 0 Å². The Morgan fingerprint density at radius 1 is 0.486 bits per heavy atom. The quantitative estimate of drug-likeness (QED) is 0.232. The van der Waals surface area contributed by atoms with Crippen LogP contribution >= 0.6 is 0 Å². The van der Waals surface area contributed by atoms with Gasteiger partial charge in [0.1, 0.15) is 11.3 Å². The van der Waals surface area contributed by atoms with Gasteiger partial charge in [0.15, 0.2) is 0 Å². The van der Waals surface area contributed by atoms with Crippen molar-refractivity contribution >= 4 is 43.3 Å². The van der Waals surface area contributed by atoms with Crippen LogP contribution in [0.1, 0.15) is 6.85 Å². The normalized spacial score (nSPS) is 13.7. The largest absolute Gasteiger partial charge is 0.455 e. The van der Waals surface area contributed by atoms with Crippen LogP contribution in [-0.2, 0) is 0 Å². The second-order valence-corrected chi connectivity index (χ2v) is 9.32. The lowest BCUT2D eigenvalue weighted by atomic mass is 9.86. The Kier molecular flexibility index (Phi) is 3.37. The van der Waals surface area contributed by atoms with Crippen molar-refractivity contribution in [3.05, 3.63) is 133 Å². The third kappa shape index (κ3) is 2.98. The van der Waals surface area contributed by atoms with Crippen molar-refractivity contribution < 1.29 is 11.3 Å². The first-order valence-electron chi connectivity index (χ1n) is 14.8. The Morgan fingerprint density at radius 2 is 1.11 bits per heavy atom. The Bertz CT molecular complexity index is 2330. The van der Waals surface area contributed by atoms with E-state index in [0.29, 0.717) is 5.56 Å². The van der Waals surface area contributed by atoms with E-state index in [-0.39, 0.29) is 29.7 Å². The molecule has 0 N–H and O–H groups in total. The zero-order valence-electron chi connectivity index (χ0n) is 24.7. The van der Waals surface area contributed by atoms with Crippen LogP contribution in [0.15, 0.2) is 138 Å². The van der Waals surface area contributed by atoms with Crippen LogP contribution in [0.5, 0.6) is 0 Å². The van der Waals surface area contributed by atoms with Gasteiger partial charge < -0.3 is 4.42 Å². The molecule has 0 unspecified atom stereocenters. The Labute approximate surface area is 221 Å². The molecule has 1 heteroatoms. The standard InChI is InChI=1S/C36H22O/c1-3-9-23(10-4-1)27-19-15-24-17-21-29-30(22-18-25-16-20-28(27)33(24)34(25)29)35-31-13-7-8-14-32(31)37-36(35)26-11-5-2-6-12-26/h1-22H/i1D,3D,4D,9D,10D. The first kappa shape index (κ1) is 16.0. The molecule has 1 heterocycles. The van der Waals surface area contributed by atoms with Crippen LogP contribution in [0.25, 0.3) is 76.9 Å². The van der Waals surface area contributed by atoms with Gasteiger partial charge in [-0.25, -0.2) is 0 Å². The Hall–Kier alpha value is -4.88. The molecule has 172 valence electrons. The number of fused-ring (bicyclic) bond motifs is 1. The predicted octanol–water partition coefficient (Wildman–Crippen LogP) is 10.3. The van der Waals surface area contributed by atoms with Gasteiger partial charge in [0, 0.05) is 16.5 Å². The van der Waals surface area contributed by atoms with Gasteiger partial charge in [0.2, 0.25) is 0 Å². The molecule has 0 spiro atoms. The SMILES string of the molecule is [2H]c1c([2H])c([2H])c(-c2ccc3ccc4c(-c5c(-c6ccccc6)oc6ccccc56)ccc5ccc2c3c54)c([2H])c1[2H].